The minimum atomic E-state index is 0.291. The SMILES string of the molecule is CN(c1c(Cl)cccc1Cl)[C@@H]1C2CCN(CC2)[C@@H]1C(c1ccccc1)c1ccccc1. The van der Waals surface area contributed by atoms with E-state index in [0.717, 1.165) is 28.8 Å². The molecule has 0 N–H and O–H groups in total. The Labute approximate surface area is 195 Å². The highest BCUT2D eigenvalue weighted by molar-refractivity contribution is 6.39. The standard InChI is InChI=1S/C27H28Cl2N2/c1-30(26-22(28)13-8-14-23(26)29)25-21-15-17-31(18-16-21)27(25)24(19-9-4-2-5-10-19)20-11-6-3-7-12-20/h2-14,21,24-25,27H,15-18H2,1H3/t25-,27-/m1/s1. The smallest absolute Gasteiger partial charge is 0.0745 e. The number of para-hydroxylation sites is 1. The Morgan fingerprint density at radius 1 is 0.774 bits per heavy atom. The van der Waals surface area contributed by atoms with Gasteiger partial charge in [-0.1, -0.05) is 89.9 Å². The van der Waals surface area contributed by atoms with Crippen LogP contribution in [0.3, 0.4) is 0 Å². The van der Waals surface area contributed by atoms with E-state index in [0.29, 0.717) is 23.9 Å². The molecular weight excluding hydrogens is 423 g/mol. The van der Waals surface area contributed by atoms with Crippen LogP contribution in [-0.2, 0) is 0 Å². The topological polar surface area (TPSA) is 6.48 Å². The summed E-state index contributed by atoms with van der Waals surface area (Å²) in [7, 11) is 2.18. The van der Waals surface area contributed by atoms with Crippen LogP contribution in [0, 0.1) is 5.92 Å². The zero-order chi connectivity index (χ0) is 21.4. The molecule has 2 nitrogen and oxygen atoms in total. The number of halogens is 2. The van der Waals surface area contributed by atoms with Gasteiger partial charge in [-0.3, -0.25) is 4.90 Å². The molecule has 3 aliphatic heterocycles. The first-order valence-electron chi connectivity index (χ1n) is 11.2. The number of hydrogen-bond acceptors (Lipinski definition) is 2. The zero-order valence-corrected chi connectivity index (χ0v) is 19.3. The second-order valence-corrected chi connectivity index (χ2v) is 9.65. The number of likely N-dealkylation sites (N-methyl/N-ethyl adjacent to an activating group) is 1. The van der Waals surface area contributed by atoms with Crippen molar-refractivity contribution in [1.29, 1.82) is 0 Å². The molecule has 3 aromatic carbocycles. The first-order chi connectivity index (χ1) is 15.1. The largest absolute Gasteiger partial charge is 0.367 e. The molecule has 2 atom stereocenters. The molecule has 3 heterocycles. The molecule has 0 saturated carbocycles. The van der Waals surface area contributed by atoms with Gasteiger partial charge < -0.3 is 4.90 Å². The summed E-state index contributed by atoms with van der Waals surface area (Å²) in [6.45, 7) is 2.32. The van der Waals surface area contributed by atoms with Gasteiger partial charge in [0.15, 0.2) is 0 Å². The van der Waals surface area contributed by atoms with Crippen molar-refractivity contribution in [2.24, 2.45) is 5.92 Å². The van der Waals surface area contributed by atoms with Crippen LogP contribution in [0.2, 0.25) is 10.0 Å². The highest BCUT2D eigenvalue weighted by Gasteiger charge is 2.48. The van der Waals surface area contributed by atoms with Gasteiger partial charge in [0.2, 0.25) is 0 Å². The van der Waals surface area contributed by atoms with Crippen molar-refractivity contribution in [3.8, 4) is 0 Å². The highest BCUT2D eigenvalue weighted by atomic mass is 35.5. The number of benzene rings is 3. The molecule has 160 valence electrons. The molecule has 0 aromatic heterocycles. The Bertz CT molecular complexity index is 956. The fraction of sp³-hybridized carbons (Fsp3) is 0.333. The second kappa shape index (κ2) is 8.86. The fourth-order valence-corrected chi connectivity index (χ4v) is 6.55. The van der Waals surface area contributed by atoms with E-state index in [1.165, 1.54) is 24.0 Å². The number of fused-ring (bicyclic) bond motifs is 3. The average molecular weight is 451 g/mol. The van der Waals surface area contributed by atoms with Crippen molar-refractivity contribution < 1.29 is 0 Å². The molecule has 3 aliphatic rings. The van der Waals surface area contributed by atoms with Crippen molar-refractivity contribution in [1.82, 2.24) is 4.90 Å². The number of anilines is 1. The van der Waals surface area contributed by atoms with E-state index < -0.39 is 0 Å². The summed E-state index contributed by atoms with van der Waals surface area (Å²) in [5, 5.41) is 1.45. The van der Waals surface area contributed by atoms with Gasteiger partial charge in [-0.15, -0.1) is 0 Å². The van der Waals surface area contributed by atoms with Gasteiger partial charge in [-0.25, -0.2) is 0 Å². The summed E-state index contributed by atoms with van der Waals surface area (Å²) in [5.74, 6) is 0.918. The van der Waals surface area contributed by atoms with Gasteiger partial charge in [-0.05, 0) is 55.1 Å². The highest BCUT2D eigenvalue weighted by Crippen LogP contribution is 2.46. The van der Waals surface area contributed by atoms with Crippen LogP contribution in [0.25, 0.3) is 0 Å². The summed E-state index contributed by atoms with van der Waals surface area (Å²) in [6.07, 6.45) is 2.45. The summed E-state index contributed by atoms with van der Waals surface area (Å²) in [4.78, 5) is 5.08. The summed E-state index contributed by atoms with van der Waals surface area (Å²) in [5.41, 5.74) is 3.69. The van der Waals surface area contributed by atoms with Crippen molar-refractivity contribution in [2.75, 3.05) is 25.0 Å². The first-order valence-corrected chi connectivity index (χ1v) is 11.9. The average Bonchev–Trinajstić information content (AvgIpc) is 2.81. The molecule has 0 spiro atoms. The maximum absolute atomic E-state index is 6.67. The Hall–Kier alpha value is -2.00. The van der Waals surface area contributed by atoms with E-state index in [2.05, 4.69) is 77.5 Å². The Morgan fingerprint density at radius 3 is 1.81 bits per heavy atom. The minimum Gasteiger partial charge on any atom is -0.367 e. The van der Waals surface area contributed by atoms with Gasteiger partial charge in [0.1, 0.15) is 0 Å². The number of nitrogens with zero attached hydrogens (tertiary/aromatic N) is 2. The van der Waals surface area contributed by atoms with Crippen LogP contribution in [0.4, 0.5) is 5.69 Å². The zero-order valence-electron chi connectivity index (χ0n) is 17.8. The lowest BCUT2D eigenvalue weighted by Crippen LogP contribution is -2.65. The van der Waals surface area contributed by atoms with E-state index >= 15 is 0 Å². The van der Waals surface area contributed by atoms with Gasteiger partial charge in [0.25, 0.3) is 0 Å². The number of hydrogen-bond donors (Lipinski definition) is 0. The van der Waals surface area contributed by atoms with Crippen molar-refractivity contribution in [2.45, 2.75) is 30.8 Å². The molecule has 4 heteroatoms. The predicted molar refractivity (Wildman–Crippen MR) is 131 cm³/mol. The third-order valence-electron chi connectivity index (χ3n) is 7.23. The summed E-state index contributed by atoms with van der Waals surface area (Å²) < 4.78 is 0. The molecule has 3 fully saturated rings. The molecule has 0 amide bonds. The normalized spacial score (nSPS) is 25.0. The van der Waals surface area contributed by atoms with Gasteiger partial charge in [0.05, 0.1) is 15.7 Å². The van der Waals surface area contributed by atoms with E-state index in [1.54, 1.807) is 0 Å². The van der Waals surface area contributed by atoms with E-state index in [-0.39, 0.29) is 0 Å². The molecule has 3 aromatic rings. The molecule has 6 rings (SSSR count). The van der Waals surface area contributed by atoms with Gasteiger partial charge >= 0.3 is 0 Å². The fourth-order valence-electron chi connectivity index (χ4n) is 5.89. The lowest BCUT2D eigenvalue weighted by atomic mass is 9.70. The molecule has 0 unspecified atom stereocenters. The molecule has 0 aliphatic carbocycles. The first kappa shape index (κ1) is 20.9. The molecule has 2 bridgehead atoms. The molecule has 31 heavy (non-hydrogen) atoms. The van der Waals surface area contributed by atoms with E-state index in [9.17, 15) is 0 Å². The van der Waals surface area contributed by atoms with Crippen LogP contribution in [0.1, 0.15) is 29.9 Å². The van der Waals surface area contributed by atoms with E-state index in [1.807, 2.05) is 18.2 Å². The quantitative estimate of drug-likeness (QED) is 0.425. The third kappa shape index (κ3) is 3.86. The third-order valence-corrected chi connectivity index (χ3v) is 7.84. The maximum atomic E-state index is 6.67. The lowest BCUT2D eigenvalue weighted by Gasteiger charge is -2.57. The Kier molecular flexibility index (Phi) is 5.97. The van der Waals surface area contributed by atoms with Crippen molar-refractivity contribution in [3.63, 3.8) is 0 Å². The molecule has 3 saturated heterocycles. The van der Waals surface area contributed by atoms with Crippen LogP contribution in [-0.4, -0.2) is 37.1 Å². The second-order valence-electron chi connectivity index (χ2n) is 8.83. The summed E-state index contributed by atoms with van der Waals surface area (Å²) >= 11 is 13.3. The Morgan fingerprint density at radius 2 is 1.29 bits per heavy atom. The number of piperidine rings is 3. The van der Waals surface area contributed by atoms with Crippen molar-refractivity contribution in [3.05, 3.63) is 100 Å². The Balaban J connectivity index is 1.63. The van der Waals surface area contributed by atoms with Crippen LogP contribution in [0.15, 0.2) is 78.9 Å². The minimum absolute atomic E-state index is 0.291. The molecular formula is C27H28Cl2N2. The van der Waals surface area contributed by atoms with Gasteiger partial charge in [-0.2, -0.15) is 0 Å². The molecule has 0 radical (unpaired) electrons. The van der Waals surface area contributed by atoms with E-state index in [4.69, 9.17) is 23.2 Å². The predicted octanol–water partition coefficient (Wildman–Crippen LogP) is 6.72. The van der Waals surface area contributed by atoms with Gasteiger partial charge in [0, 0.05) is 25.0 Å². The van der Waals surface area contributed by atoms with Crippen LogP contribution < -0.4 is 4.90 Å². The number of rotatable bonds is 5. The maximum Gasteiger partial charge on any atom is 0.0745 e. The lowest BCUT2D eigenvalue weighted by molar-refractivity contribution is 0.0186. The van der Waals surface area contributed by atoms with Crippen molar-refractivity contribution >= 4 is 28.9 Å². The van der Waals surface area contributed by atoms with Crippen LogP contribution >= 0.6 is 23.2 Å². The van der Waals surface area contributed by atoms with Crippen LogP contribution in [0.5, 0.6) is 0 Å². The summed E-state index contributed by atoms with van der Waals surface area (Å²) in [6, 6.07) is 28.5. The monoisotopic (exact) mass is 450 g/mol.